The van der Waals surface area contributed by atoms with Crippen LogP contribution in [-0.4, -0.2) is 35.2 Å². The Morgan fingerprint density at radius 2 is 2.11 bits per heavy atom. The van der Waals surface area contributed by atoms with Crippen molar-refractivity contribution in [3.05, 3.63) is 21.3 Å². The van der Waals surface area contributed by atoms with E-state index in [1.807, 2.05) is 22.6 Å². The molecule has 3 N–H and O–H groups in total. The monoisotopic (exact) mass is 379 g/mol. The van der Waals surface area contributed by atoms with E-state index in [0.29, 0.717) is 15.5 Å². The van der Waals surface area contributed by atoms with Gasteiger partial charge in [0.15, 0.2) is 11.5 Å². The van der Waals surface area contributed by atoms with Crippen LogP contribution in [0.1, 0.15) is 12.5 Å². The minimum Gasteiger partial charge on any atom is -0.504 e. The number of carbonyl (C=O) groups excluding carboxylic acids is 2. The fourth-order valence-electron chi connectivity index (χ4n) is 1.51. The maximum atomic E-state index is 11.6. The third kappa shape index (κ3) is 4.27. The molecule has 104 valence electrons. The van der Waals surface area contributed by atoms with Crippen LogP contribution in [0.2, 0.25) is 0 Å². The number of esters is 1. The molecule has 0 saturated heterocycles. The van der Waals surface area contributed by atoms with Gasteiger partial charge in [0.25, 0.3) is 0 Å². The summed E-state index contributed by atoms with van der Waals surface area (Å²) >= 11 is 1.97. The van der Waals surface area contributed by atoms with Gasteiger partial charge in [-0.05, 0) is 47.2 Å². The van der Waals surface area contributed by atoms with Gasteiger partial charge in [-0.2, -0.15) is 0 Å². The van der Waals surface area contributed by atoms with Gasteiger partial charge in [-0.25, -0.2) is 4.79 Å². The lowest BCUT2D eigenvalue weighted by Crippen LogP contribution is -2.39. The van der Waals surface area contributed by atoms with E-state index in [9.17, 15) is 19.8 Å². The van der Waals surface area contributed by atoms with Crippen molar-refractivity contribution in [2.75, 3.05) is 6.61 Å². The average Bonchev–Trinajstić information content (AvgIpc) is 2.35. The highest BCUT2D eigenvalue weighted by molar-refractivity contribution is 14.1. The largest absolute Gasteiger partial charge is 0.504 e. The lowest BCUT2D eigenvalue weighted by Gasteiger charge is -2.16. The predicted molar refractivity (Wildman–Crippen MR) is 75.8 cm³/mol. The third-order valence-corrected chi connectivity index (χ3v) is 3.41. The van der Waals surface area contributed by atoms with Crippen LogP contribution in [0.3, 0.4) is 0 Å². The number of benzene rings is 1. The molecular weight excluding hydrogens is 365 g/mol. The van der Waals surface area contributed by atoms with Crippen LogP contribution in [0.5, 0.6) is 11.5 Å². The highest BCUT2D eigenvalue weighted by Crippen LogP contribution is 2.29. The summed E-state index contributed by atoms with van der Waals surface area (Å²) in [6.45, 7) is 1.89. The number of ether oxygens (including phenoxy) is 1. The van der Waals surface area contributed by atoms with Crippen molar-refractivity contribution in [3.8, 4) is 11.5 Å². The molecule has 0 unspecified atom stereocenters. The summed E-state index contributed by atoms with van der Waals surface area (Å²) in [4.78, 5) is 22.2. The second-order valence-corrected chi connectivity index (χ2v) is 4.89. The van der Waals surface area contributed by atoms with Gasteiger partial charge in [0.2, 0.25) is 6.41 Å². The van der Waals surface area contributed by atoms with Crippen molar-refractivity contribution in [3.63, 3.8) is 0 Å². The summed E-state index contributed by atoms with van der Waals surface area (Å²) in [6, 6.07) is 1.92. The number of amides is 1. The Balaban J connectivity index is 2.93. The lowest BCUT2D eigenvalue weighted by atomic mass is 10.1. The van der Waals surface area contributed by atoms with E-state index in [1.165, 1.54) is 12.1 Å². The third-order valence-electron chi connectivity index (χ3n) is 2.41. The van der Waals surface area contributed by atoms with Crippen molar-refractivity contribution in [2.45, 2.75) is 19.4 Å². The fraction of sp³-hybridized carbons (Fsp3) is 0.333. The summed E-state index contributed by atoms with van der Waals surface area (Å²) in [5.41, 5.74) is 0.628. The molecule has 1 aromatic rings. The van der Waals surface area contributed by atoms with E-state index >= 15 is 0 Å². The smallest absolute Gasteiger partial charge is 0.328 e. The highest BCUT2D eigenvalue weighted by Gasteiger charge is 2.21. The summed E-state index contributed by atoms with van der Waals surface area (Å²) < 4.78 is 5.52. The Labute approximate surface area is 123 Å². The number of hydrogen-bond acceptors (Lipinski definition) is 5. The zero-order valence-corrected chi connectivity index (χ0v) is 12.4. The number of hydrogen-bond donors (Lipinski definition) is 3. The Hall–Kier alpha value is -1.51. The van der Waals surface area contributed by atoms with Crippen LogP contribution in [0.25, 0.3) is 0 Å². The van der Waals surface area contributed by atoms with Gasteiger partial charge in [-0.1, -0.05) is 0 Å². The summed E-state index contributed by atoms with van der Waals surface area (Å²) in [5, 5.41) is 21.2. The molecule has 0 aliphatic carbocycles. The minimum absolute atomic E-state index is 0.170. The molecule has 19 heavy (non-hydrogen) atoms. The molecule has 0 aliphatic rings. The lowest BCUT2D eigenvalue weighted by molar-refractivity contribution is -0.146. The van der Waals surface area contributed by atoms with E-state index < -0.39 is 12.0 Å². The normalized spacial score (nSPS) is 11.7. The number of carbonyl (C=O) groups is 2. The zero-order chi connectivity index (χ0) is 14.4. The molecular formula is C12H14INO5. The van der Waals surface area contributed by atoms with Gasteiger partial charge >= 0.3 is 5.97 Å². The average molecular weight is 379 g/mol. The number of aromatic hydroxyl groups is 2. The van der Waals surface area contributed by atoms with Gasteiger partial charge in [-0.15, -0.1) is 0 Å². The van der Waals surface area contributed by atoms with Crippen molar-refractivity contribution in [1.29, 1.82) is 0 Å². The first-order valence-corrected chi connectivity index (χ1v) is 6.64. The van der Waals surface area contributed by atoms with E-state index in [4.69, 9.17) is 4.74 Å². The molecule has 1 amide bonds. The fourth-order valence-corrected chi connectivity index (χ4v) is 2.18. The van der Waals surface area contributed by atoms with Crippen LogP contribution in [0.15, 0.2) is 12.1 Å². The van der Waals surface area contributed by atoms with Gasteiger partial charge in [0.1, 0.15) is 6.04 Å². The van der Waals surface area contributed by atoms with E-state index in [2.05, 4.69) is 5.32 Å². The Bertz CT molecular complexity index is 477. The Morgan fingerprint density at radius 1 is 1.47 bits per heavy atom. The standard InChI is InChI=1S/C12H14INO5/c1-2-19-12(18)9(14-6-15)3-7-4-10(16)11(17)5-8(7)13/h4-6,9,16-17H,2-3H2,1H3,(H,14,15)/t9-/m0/s1. The van der Waals surface area contributed by atoms with Gasteiger partial charge < -0.3 is 20.3 Å². The van der Waals surface area contributed by atoms with Crippen LogP contribution < -0.4 is 5.32 Å². The Kier molecular flexibility index (Phi) is 5.87. The predicted octanol–water partition coefficient (Wildman–Crippen LogP) is 0.923. The van der Waals surface area contributed by atoms with Crippen LogP contribution in [0.4, 0.5) is 0 Å². The van der Waals surface area contributed by atoms with Gasteiger partial charge in [0.05, 0.1) is 6.61 Å². The number of halogens is 1. The molecule has 0 heterocycles. The topological polar surface area (TPSA) is 95.9 Å². The van der Waals surface area contributed by atoms with E-state index in [-0.39, 0.29) is 24.5 Å². The van der Waals surface area contributed by atoms with Crippen LogP contribution >= 0.6 is 22.6 Å². The molecule has 6 nitrogen and oxygen atoms in total. The molecule has 0 radical (unpaired) electrons. The van der Waals surface area contributed by atoms with Crippen molar-refractivity contribution in [2.24, 2.45) is 0 Å². The van der Waals surface area contributed by atoms with E-state index in [0.717, 1.165) is 0 Å². The summed E-state index contributed by atoms with van der Waals surface area (Å²) in [6.07, 6.45) is 0.596. The number of rotatable bonds is 6. The second kappa shape index (κ2) is 7.17. The number of phenols is 2. The second-order valence-electron chi connectivity index (χ2n) is 3.73. The Morgan fingerprint density at radius 3 is 2.68 bits per heavy atom. The SMILES string of the molecule is CCOC(=O)[C@H](Cc1cc(O)c(O)cc1I)NC=O. The van der Waals surface area contributed by atoms with Crippen molar-refractivity contribution in [1.82, 2.24) is 5.32 Å². The van der Waals surface area contributed by atoms with Crippen molar-refractivity contribution < 1.29 is 24.5 Å². The molecule has 0 aromatic heterocycles. The molecule has 0 fully saturated rings. The number of phenolic OH excluding ortho intramolecular Hbond substituents is 2. The van der Waals surface area contributed by atoms with Crippen LogP contribution in [0, 0.1) is 3.57 Å². The molecule has 0 aliphatic heterocycles. The first-order valence-electron chi connectivity index (χ1n) is 5.56. The molecule has 7 heteroatoms. The maximum Gasteiger partial charge on any atom is 0.328 e. The molecule has 1 atom stereocenters. The minimum atomic E-state index is -0.824. The molecule has 0 bridgehead atoms. The molecule has 1 aromatic carbocycles. The highest BCUT2D eigenvalue weighted by atomic mass is 127. The van der Waals surface area contributed by atoms with Gasteiger partial charge in [0, 0.05) is 9.99 Å². The first-order chi connectivity index (χ1) is 8.99. The van der Waals surface area contributed by atoms with E-state index in [1.54, 1.807) is 6.92 Å². The van der Waals surface area contributed by atoms with Crippen LogP contribution in [-0.2, 0) is 20.7 Å². The summed E-state index contributed by atoms with van der Waals surface area (Å²) in [5.74, 6) is -1.05. The van der Waals surface area contributed by atoms with Crippen molar-refractivity contribution >= 4 is 35.0 Å². The van der Waals surface area contributed by atoms with Gasteiger partial charge in [-0.3, -0.25) is 4.79 Å². The summed E-state index contributed by atoms with van der Waals surface area (Å²) in [7, 11) is 0. The number of nitrogens with one attached hydrogen (secondary N) is 1. The molecule has 0 spiro atoms. The molecule has 1 rings (SSSR count). The quantitative estimate of drug-likeness (QED) is 0.296. The maximum absolute atomic E-state index is 11.6. The zero-order valence-electron chi connectivity index (χ0n) is 10.2. The molecule has 0 saturated carbocycles. The first kappa shape index (κ1) is 15.5.